The molecule has 0 fully saturated rings. The Morgan fingerprint density at radius 1 is 1.15 bits per heavy atom. The van der Waals surface area contributed by atoms with E-state index in [9.17, 15) is 18.8 Å². The molecule has 0 spiro atoms. The molecule has 0 saturated carbocycles. The highest BCUT2D eigenvalue weighted by Crippen LogP contribution is 2.12. The van der Waals surface area contributed by atoms with Gasteiger partial charge in [-0.25, -0.2) is 9.18 Å². The van der Waals surface area contributed by atoms with Gasteiger partial charge < -0.3 is 21.1 Å². The third-order valence-electron chi connectivity index (χ3n) is 2.15. The molecule has 3 amide bonds. The van der Waals surface area contributed by atoms with Gasteiger partial charge in [-0.1, -0.05) is 0 Å². The molecule has 20 heavy (non-hydrogen) atoms. The van der Waals surface area contributed by atoms with Crippen molar-refractivity contribution < 1.29 is 23.9 Å². The number of amides is 3. The number of anilines is 1. The maximum Gasteiger partial charge on any atom is 0.322 e. The molecule has 0 radical (unpaired) electrons. The Morgan fingerprint density at radius 2 is 1.85 bits per heavy atom. The summed E-state index contributed by atoms with van der Waals surface area (Å²) in [5.41, 5.74) is 0.894. The lowest BCUT2D eigenvalue weighted by Gasteiger charge is -2.08. The fourth-order valence-electron chi connectivity index (χ4n) is 1.38. The summed E-state index contributed by atoms with van der Waals surface area (Å²) >= 11 is 0. The van der Waals surface area contributed by atoms with Crippen LogP contribution in [0.3, 0.4) is 0 Å². The van der Waals surface area contributed by atoms with Crippen molar-refractivity contribution in [1.29, 1.82) is 0 Å². The third kappa shape index (κ3) is 5.80. The number of carboxylic acids is 1. The average Bonchev–Trinajstić information content (AvgIpc) is 2.32. The number of nitrogens with one attached hydrogen (secondary N) is 3. The first-order valence-electron chi connectivity index (χ1n) is 5.67. The number of hydrogen-bond donors (Lipinski definition) is 4. The molecule has 0 unspecified atom stereocenters. The van der Waals surface area contributed by atoms with Crippen LogP contribution in [0.4, 0.5) is 14.9 Å². The van der Waals surface area contributed by atoms with Gasteiger partial charge in [0.25, 0.3) is 0 Å². The van der Waals surface area contributed by atoms with E-state index in [0.29, 0.717) is 5.56 Å². The van der Waals surface area contributed by atoms with Crippen LogP contribution in [-0.2, 0) is 9.59 Å². The number of carbonyl (C=O) groups excluding carboxylic acids is 2. The number of halogens is 1. The molecular formula is C12H14FN3O4. The van der Waals surface area contributed by atoms with Crippen molar-refractivity contribution in [3.8, 4) is 0 Å². The zero-order valence-corrected chi connectivity index (χ0v) is 10.7. The van der Waals surface area contributed by atoms with Crippen molar-refractivity contribution in [2.45, 2.75) is 6.92 Å². The van der Waals surface area contributed by atoms with E-state index in [1.807, 2.05) is 0 Å². The normalized spacial score (nSPS) is 9.70. The van der Waals surface area contributed by atoms with Crippen molar-refractivity contribution in [3.05, 3.63) is 29.6 Å². The first kappa shape index (κ1) is 15.4. The number of carboxylic acid groups (broad SMARTS) is 1. The summed E-state index contributed by atoms with van der Waals surface area (Å²) in [6, 6.07) is 3.31. The van der Waals surface area contributed by atoms with E-state index in [1.165, 1.54) is 6.07 Å². The third-order valence-corrected chi connectivity index (χ3v) is 2.15. The molecule has 0 aliphatic heterocycles. The molecule has 0 bridgehead atoms. The van der Waals surface area contributed by atoms with Crippen molar-refractivity contribution in [2.75, 3.05) is 18.4 Å². The smallest absolute Gasteiger partial charge is 0.322 e. The maximum atomic E-state index is 13.1. The maximum absolute atomic E-state index is 13.1. The summed E-state index contributed by atoms with van der Waals surface area (Å²) in [6.07, 6.45) is 0. The molecule has 0 saturated heterocycles. The van der Waals surface area contributed by atoms with Gasteiger partial charge in [-0.2, -0.15) is 0 Å². The zero-order chi connectivity index (χ0) is 15.1. The standard InChI is InChI=1S/C12H14FN3O4/c1-7-2-8(13)4-9(3-7)16-12(20)15-5-10(17)14-6-11(18)19/h2-4H,5-6H2,1H3,(H,14,17)(H,18,19)(H2,15,16,20). The fourth-order valence-corrected chi connectivity index (χ4v) is 1.38. The Balaban J connectivity index is 2.40. The van der Waals surface area contributed by atoms with Crippen LogP contribution in [0.1, 0.15) is 5.56 Å². The molecular weight excluding hydrogens is 269 g/mol. The van der Waals surface area contributed by atoms with Crippen LogP contribution in [0.5, 0.6) is 0 Å². The molecule has 0 aliphatic rings. The number of rotatable bonds is 5. The highest BCUT2D eigenvalue weighted by Gasteiger charge is 2.07. The Hall–Kier alpha value is -2.64. The van der Waals surface area contributed by atoms with Gasteiger partial charge in [-0.05, 0) is 30.7 Å². The first-order chi connectivity index (χ1) is 9.36. The Morgan fingerprint density at radius 3 is 2.45 bits per heavy atom. The highest BCUT2D eigenvalue weighted by molar-refractivity contribution is 5.92. The summed E-state index contributed by atoms with van der Waals surface area (Å²) in [5.74, 6) is -2.31. The van der Waals surface area contributed by atoms with Crippen LogP contribution < -0.4 is 16.0 Å². The van der Waals surface area contributed by atoms with Gasteiger partial charge >= 0.3 is 12.0 Å². The second kappa shape index (κ2) is 7.07. The predicted octanol–water partition coefficient (Wildman–Crippen LogP) is 0.456. The summed E-state index contributed by atoms with van der Waals surface area (Å²) in [7, 11) is 0. The van der Waals surface area contributed by atoms with E-state index in [2.05, 4.69) is 16.0 Å². The number of carbonyl (C=O) groups is 3. The molecule has 7 nitrogen and oxygen atoms in total. The van der Waals surface area contributed by atoms with E-state index in [-0.39, 0.29) is 12.2 Å². The second-order valence-electron chi connectivity index (χ2n) is 4.00. The zero-order valence-electron chi connectivity index (χ0n) is 10.7. The minimum absolute atomic E-state index is 0.256. The van der Waals surface area contributed by atoms with Gasteiger partial charge in [-0.3, -0.25) is 9.59 Å². The molecule has 8 heteroatoms. The number of urea groups is 1. The van der Waals surface area contributed by atoms with Crippen LogP contribution >= 0.6 is 0 Å². The molecule has 0 aromatic heterocycles. The van der Waals surface area contributed by atoms with E-state index in [0.717, 1.165) is 6.07 Å². The van der Waals surface area contributed by atoms with Crippen LogP contribution in [0.15, 0.2) is 18.2 Å². The molecule has 1 aromatic carbocycles. The van der Waals surface area contributed by atoms with Crippen LogP contribution in [0, 0.1) is 12.7 Å². The van der Waals surface area contributed by atoms with Gasteiger partial charge in [0.1, 0.15) is 12.4 Å². The van der Waals surface area contributed by atoms with Crippen molar-refractivity contribution >= 4 is 23.6 Å². The quantitative estimate of drug-likeness (QED) is 0.629. The van der Waals surface area contributed by atoms with Gasteiger partial charge in [0.15, 0.2) is 0 Å². The number of hydrogen-bond acceptors (Lipinski definition) is 3. The molecule has 1 aromatic rings. The summed E-state index contributed by atoms with van der Waals surface area (Å²) in [4.78, 5) is 32.8. The van der Waals surface area contributed by atoms with E-state index >= 15 is 0 Å². The minimum Gasteiger partial charge on any atom is -0.480 e. The van der Waals surface area contributed by atoms with Gasteiger partial charge in [0, 0.05) is 5.69 Å². The monoisotopic (exact) mass is 283 g/mol. The Labute approximate surface area is 114 Å². The topological polar surface area (TPSA) is 108 Å². The number of aryl methyl sites for hydroxylation is 1. The molecule has 0 aliphatic carbocycles. The lowest BCUT2D eigenvalue weighted by molar-refractivity contribution is -0.137. The van der Waals surface area contributed by atoms with E-state index in [4.69, 9.17) is 5.11 Å². The lowest BCUT2D eigenvalue weighted by Crippen LogP contribution is -2.40. The number of benzene rings is 1. The van der Waals surface area contributed by atoms with Crippen LogP contribution in [0.25, 0.3) is 0 Å². The van der Waals surface area contributed by atoms with Crippen molar-refractivity contribution in [1.82, 2.24) is 10.6 Å². The summed E-state index contributed by atoms with van der Waals surface area (Å²) < 4.78 is 13.1. The minimum atomic E-state index is -1.18. The average molecular weight is 283 g/mol. The largest absolute Gasteiger partial charge is 0.480 e. The van der Waals surface area contributed by atoms with Crippen LogP contribution in [-0.4, -0.2) is 36.1 Å². The van der Waals surface area contributed by atoms with Gasteiger partial charge in [0.2, 0.25) is 5.91 Å². The first-order valence-corrected chi connectivity index (χ1v) is 5.67. The van der Waals surface area contributed by atoms with E-state index < -0.39 is 30.3 Å². The molecule has 108 valence electrons. The van der Waals surface area contributed by atoms with Crippen molar-refractivity contribution in [2.24, 2.45) is 0 Å². The summed E-state index contributed by atoms with van der Waals surface area (Å²) in [5, 5.41) is 15.0. The number of aliphatic carboxylic acids is 1. The highest BCUT2D eigenvalue weighted by atomic mass is 19.1. The van der Waals surface area contributed by atoms with E-state index in [1.54, 1.807) is 13.0 Å². The molecule has 0 heterocycles. The molecule has 1 rings (SSSR count). The van der Waals surface area contributed by atoms with Crippen molar-refractivity contribution in [3.63, 3.8) is 0 Å². The van der Waals surface area contributed by atoms with Gasteiger partial charge in [-0.15, -0.1) is 0 Å². The Bertz CT molecular complexity index is 513. The van der Waals surface area contributed by atoms with Gasteiger partial charge in [0.05, 0.1) is 6.54 Å². The predicted molar refractivity (Wildman–Crippen MR) is 68.8 cm³/mol. The SMILES string of the molecule is Cc1cc(F)cc(NC(=O)NCC(=O)NCC(=O)O)c1. The second-order valence-corrected chi connectivity index (χ2v) is 4.00. The fraction of sp³-hybridized carbons (Fsp3) is 0.250. The lowest BCUT2D eigenvalue weighted by atomic mass is 10.2. The molecule has 0 atom stereocenters. The summed E-state index contributed by atoms with van der Waals surface area (Å²) in [6.45, 7) is 0.768. The molecule has 4 N–H and O–H groups in total. The van der Waals surface area contributed by atoms with Crippen LogP contribution in [0.2, 0.25) is 0 Å². The Kier molecular flexibility index (Phi) is 5.45.